The van der Waals surface area contributed by atoms with Crippen LogP contribution in [0.3, 0.4) is 0 Å². The SMILES string of the molecule is CC(C)(C)[C@H](c1ccccc1)[C@H](C#N)c1ccc(Cl)cc1. The van der Waals surface area contributed by atoms with Crippen molar-refractivity contribution in [2.75, 3.05) is 0 Å². The number of hydrogen-bond acceptors (Lipinski definition) is 1. The second-order valence-corrected chi connectivity index (χ2v) is 6.85. The molecule has 0 spiro atoms. The van der Waals surface area contributed by atoms with Gasteiger partial charge in [0.05, 0.1) is 12.0 Å². The van der Waals surface area contributed by atoms with E-state index in [1.54, 1.807) is 0 Å². The molecule has 0 unspecified atom stereocenters. The van der Waals surface area contributed by atoms with Gasteiger partial charge >= 0.3 is 0 Å². The Morgan fingerprint density at radius 2 is 1.48 bits per heavy atom. The number of rotatable bonds is 3. The van der Waals surface area contributed by atoms with Crippen molar-refractivity contribution in [1.29, 1.82) is 5.26 Å². The molecule has 0 aliphatic carbocycles. The van der Waals surface area contributed by atoms with Crippen LogP contribution in [0.5, 0.6) is 0 Å². The number of nitrogens with zero attached hydrogens (tertiary/aromatic N) is 1. The van der Waals surface area contributed by atoms with Gasteiger partial charge in [-0.3, -0.25) is 0 Å². The van der Waals surface area contributed by atoms with Crippen molar-refractivity contribution in [3.63, 3.8) is 0 Å². The first-order chi connectivity index (χ1) is 9.93. The van der Waals surface area contributed by atoms with Gasteiger partial charge in [0.2, 0.25) is 0 Å². The molecule has 2 aromatic rings. The highest BCUT2D eigenvalue weighted by molar-refractivity contribution is 6.30. The Bertz CT molecular complexity index is 617. The van der Waals surface area contributed by atoms with Crippen LogP contribution in [0.4, 0.5) is 0 Å². The van der Waals surface area contributed by atoms with Gasteiger partial charge in [-0.25, -0.2) is 0 Å². The van der Waals surface area contributed by atoms with Crippen LogP contribution < -0.4 is 0 Å². The summed E-state index contributed by atoms with van der Waals surface area (Å²) in [5, 5.41) is 10.5. The fourth-order valence-electron chi connectivity index (χ4n) is 2.86. The molecule has 0 amide bonds. The summed E-state index contributed by atoms with van der Waals surface area (Å²) in [6.07, 6.45) is 0. The van der Waals surface area contributed by atoms with Gasteiger partial charge in [0, 0.05) is 10.9 Å². The van der Waals surface area contributed by atoms with E-state index in [2.05, 4.69) is 39.0 Å². The van der Waals surface area contributed by atoms with Gasteiger partial charge in [-0.05, 0) is 28.7 Å². The van der Waals surface area contributed by atoms with E-state index >= 15 is 0 Å². The quantitative estimate of drug-likeness (QED) is 0.704. The topological polar surface area (TPSA) is 23.8 Å². The summed E-state index contributed by atoms with van der Waals surface area (Å²) >= 11 is 5.96. The van der Waals surface area contributed by atoms with E-state index in [0.29, 0.717) is 5.02 Å². The molecule has 0 radical (unpaired) electrons. The fraction of sp³-hybridized carbons (Fsp3) is 0.316. The lowest BCUT2D eigenvalue weighted by molar-refractivity contribution is 0.302. The van der Waals surface area contributed by atoms with Crippen molar-refractivity contribution >= 4 is 11.6 Å². The molecule has 0 saturated heterocycles. The fourth-order valence-corrected chi connectivity index (χ4v) is 2.99. The monoisotopic (exact) mass is 297 g/mol. The van der Waals surface area contributed by atoms with Gasteiger partial charge < -0.3 is 0 Å². The Morgan fingerprint density at radius 1 is 0.905 bits per heavy atom. The van der Waals surface area contributed by atoms with Gasteiger partial charge in [0.25, 0.3) is 0 Å². The maximum atomic E-state index is 9.76. The van der Waals surface area contributed by atoms with E-state index in [1.807, 2.05) is 42.5 Å². The van der Waals surface area contributed by atoms with Crippen LogP contribution in [0, 0.1) is 16.7 Å². The summed E-state index contributed by atoms with van der Waals surface area (Å²) < 4.78 is 0. The molecule has 0 fully saturated rings. The zero-order chi connectivity index (χ0) is 15.5. The van der Waals surface area contributed by atoms with E-state index in [1.165, 1.54) is 5.56 Å². The lowest BCUT2D eigenvalue weighted by Gasteiger charge is -2.34. The van der Waals surface area contributed by atoms with Crippen LogP contribution in [0.2, 0.25) is 5.02 Å². The summed E-state index contributed by atoms with van der Waals surface area (Å²) in [5.74, 6) is -0.0606. The number of nitriles is 1. The molecule has 0 N–H and O–H groups in total. The lowest BCUT2D eigenvalue weighted by Crippen LogP contribution is -2.24. The Hall–Kier alpha value is -1.78. The van der Waals surface area contributed by atoms with Crippen LogP contribution in [0.25, 0.3) is 0 Å². The second-order valence-electron chi connectivity index (χ2n) is 6.41. The third-order valence-corrected chi connectivity index (χ3v) is 4.05. The number of benzene rings is 2. The maximum Gasteiger partial charge on any atom is 0.0786 e. The lowest BCUT2D eigenvalue weighted by atomic mass is 9.68. The van der Waals surface area contributed by atoms with E-state index in [-0.39, 0.29) is 17.3 Å². The molecule has 0 aliphatic rings. The molecule has 0 aliphatic heterocycles. The number of halogens is 1. The van der Waals surface area contributed by atoms with Gasteiger partial charge in [-0.2, -0.15) is 5.26 Å². The van der Waals surface area contributed by atoms with Crippen LogP contribution in [0.15, 0.2) is 54.6 Å². The summed E-state index contributed by atoms with van der Waals surface area (Å²) in [6, 6.07) is 20.4. The molecule has 2 rings (SSSR count). The summed E-state index contributed by atoms with van der Waals surface area (Å²) in [5.41, 5.74) is 2.21. The molecular weight excluding hydrogens is 278 g/mol. The first-order valence-corrected chi connectivity index (χ1v) is 7.51. The van der Waals surface area contributed by atoms with Crippen molar-refractivity contribution in [2.45, 2.75) is 32.6 Å². The van der Waals surface area contributed by atoms with Crippen molar-refractivity contribution in [2.24, 2.45) is 5.41 Å². The van der Waals surface area contributed by atoms with Crippen LogP contribution >= 0.6 is 11.6 Å². The van der Waals surface area contributed by atoms with E-state index < -0.39 is 0 Å². The molecule has 0 heterocycles. The molecule has 0 bridgehead atoms. The smallest absolute Gasteiger partial charge is 0.0786 e. The second kappa shape index (κ2) is 6.33. The van der Waals surface area contributed by atoms with Gasteiger partial charge in [-0.15, -0.1) is 0 Å². The van der Waals surface area contributed by atoms with Gasteiger partial charge in [0.15, 0.2) is 0 Å². The van der Waals surface area contributed by atoms with E-state index in [4.69, 9.17) is 11.6 Å². The van der Waals surface area contributed by atoms with Crippen molar-refractivity contribution in [1.82, 2.24) is 0 Å². The molecule has 0 saturated carbocycles. The highest BCUT2D eigenvalue weighted by Gasteiger charge is 2.34. The molecule has 21 heavy (non-hydrogen) atoms. The third kappa shape index (κ3) is 3.65. The molecule has 1 nitrogen and oxygen atoms in total. The molecule has 2 heteroatoms. The minimum atomic E-state index is -0.190. The predicted molar refractivity (Wildman–Crippen MR) is 88.4 cm³/mol. The Kier molecular flexibility index (Phi) is 4.70. The summed E-state index contributed by atoms with van der Waals surface area (Å²) in [7, 11) is 0. The summed E-state index contributed by atoms with van der Waals surface area (Å²) in [4.78, 5) is 0. The minimum absolute atomic E-state index is 0.0125. The normalized spacial score (nSPS) is 14.2. The minimum Gasteiger partial charge on any atom is -0.198 e. The number of hydrogen-bond donors (Lipinski definition) is 0. The summed E-state index contributed by atoms with van der Waals surface area (Å²) in [6.45, 7) is 6.56. The maximum absolute atomic E-state index is 9.76. The van der Waals surface area contributed by atoms with Crippen molar-refractivity contribution < 1.29 is 0 Å². The third-order valence-electron chi connectivity index (χ3n) is 3.79. The zero-order valence-corrected chi connectivity index (χ0v) is 13.4. The average molecular weight is 298 g/mol. The highest BCUT2D eigenvalue weighted by Crippen LogP contribution is 2.45. The Labute approximate surface area is 132 Å². The molecule has 0 aromatic heterocycles. The van der Waals surface area contributed by atoms with Crippen LogP contribution in [-0.4, -0.2) is 0 Å². The van der Waals surface area contributed by atoms with Crippen LogP contribution in [0.1, 0.15) is 43.7 Å². The van der Waals surface area contributed by atoms with Gasteiger partial charge in [-0.1, -0.05) is 74.8 Å². The van der Waals surface area contributed by atoms with Gasteiger partial charge in [0.1, 0.15) is 0 Å². The molecular formula is C19H20ClN. The van der Waals surface area contributed by atoms with Crippen LogP contribution in [-0.2, 0) is 0 Å². The Balaban J connectivity index is 2.49. The van der Waals surface area contributed by atoms with E-state index in [9.17, 15) is 5.26 Å². The van der Waals surface area contributed by atoms with Crippen molar-refractivity contribution in [3.05, 3.63) is 70.7 Å². The first-order valence-electron chi connectivity index (χ1n) is 7.13. The molecule has 2 atom stereocenters. The standard InChI is InChI=1S/C19H20ClN/c1-19(2,3)18(15-7-5-4-6-8-15)17(13-21)14-9-11-16(20)12-10-14/h4-12,17-18H,1-3H3/t17-,18-/m1/s1. The average Bonchev–Trinajstić information content (AvgIpc) is 2.45. The first kappa shape index (κ1) is 15.6. The Morgan fingerprint density at radius 3 is 1.95 bits per heavy atom. The molecule has 2 aromatic carbocycles. The highest BCUT2D eigenvalue weighted by atomic mass is 35.5. The zero-order valence-electron chi connectivity index (χ0n) is 12.7. The predicted octanol–water partition coefficient (Wildman–Crippen LogP) is 5.78. The van der Waals surface area contributed by atoms with E-state index in [0.717, 1.165) is 5.56 Å². The van der Waals surface area contributed by atoms with Crippen molar-refractivity contribution in [3.8, 4) is 6.07 Å². The molecule has 108 valence electrons. The largest absolute Gasteiger partial charge is 0.198 e.